The lowest BCUT2D eigenvalue weighted by Gasteiger charge is -2.30. The normalized spacial score (nSPS) is 19.0. The van der Waals surface area contributed by atoms with Crippen molar-refractivity contribution in [2.75, 3.05) is 26.9 Å². The van der Waals surface area contributed by atoms with E-state index in [9.17, 15) is 18.4 Å². The lowest BCUT2D eigenvalue weighted by molar-refractivity contribution is -0.151. The van der Waals surface area contributed by atoms with E-state index in [1.807, 2.05) is 0 Å². The van der Waals surface area contributed by atoms with Gasteiger partial charge < -0.3 is 19.1 Å². The molecule has 1 atom stereocenters. The Labute approximate surface area is 155 Å². The molecule has 2 aliphatic rings. The molecule has 1 unspecified atom stereocenters. The largest absolute Gasteiger partial charge is 0.467 e. The van der Waals surface area contributed by atoms with Crippen molar-refractivity contribution < 1.29 is 32.6 Å². The fourth-order valence-corrected chi connectivity index (χ4v) is 3.33. The monoisotopic (exact) mass is 381 g/mol. The van der Waals surface area contributed by atoms with Crippen LogP contribution < -0.4 is 4.74 Å². The molecular weight excluding hydrogens is 360 g/mol. The highest BCUT2D eigenvalue weighted by atomic mass is 19.1. The van der Waals surface area contributed by atoms with Crippen LogP contribution in [0.25, 0.3) is 0 Å². The third-order valence-electron chi connectivity index (χ3n) is 4.79. The molecule has 2 aliphatic heterocycles. The summed E-state index contributed by atoms with van der Waals surface area (Å²) >= 11 is 0. The SMILES string of the molecule is COC(=O)C(CC1CCOCC1)N1CC(Oc2c(F)cccc2F)=CC1=O. The molecule has 1 saturated heterocycles. The lowest BCUT2D eigenvalue weighted by atomic mass is 9.92. The second kappa shape index (κ2) is 8.47. The summed E-state index contributed by atoms with van der Waals surface area (Å²) < 4.78 is 43.0. The number of nitrogens with zero attached hydrogens (tertiary/aromatic N) is 1. The third kappa shape index (κ3) is 4.44. The molecule has 1 amide bonds. The van der Waals surface area contributed by atoms with Crippen LogP contribution in [0.15, 0.2) is 30.0 Å². The van der Waals surface area contributed by atoms with Crippen molar-refractivity contribution in [1.29, 1.82) is 0 Å². The highest BCUT2D eigenvalue weighted by Gasteiger charge is 2.37. The number of methoxy groups -OCH3 is 1. The maximum atomic E-state index is 13.8. The van der Waals surface area contributed by atoms with Gasteiger partial charge in [0.2, 0.25) is 0 Å². The quantitative estimate of drug-likeness (QED) is 0.708. The van der Waals surface area contributed by atoms with Gasteiger partial charge in [0.05, 0.1) is 13.7 Å². The number of rotatable bonds is 6. The zero-order valence-electron chi connectivity index (χ0n) is 15.0. The maximum absolute atomic E-state index is 13.8. The van der Waals surface area contributed by atoms with Crippen molar-refractivity contribution in [3.05, 3.63) is 41.7 Å². The molecule has 1 fully saturated rings. The molecule has 0 aliphatic carbocycles. The summed E-state index contributed by atoms with van der Waals surface area (Å²) in [7, 11) is 1.26. The summed E-state index contributed by atoms with van der Waals surface area (Å²) in [6.07, 6.45) is 3.18. The first kappa shape index (κ1) is 19.3. The minimum atomic E-state index is -0.867. The van der Waals surface area contributed by atoms with Gasteiger partial charge in [0.15, 0.2) is 17.4 Å². The molecule has 0 N–H and O–H groups in total. The van der Waals surface area contributed by atoms with Crippen LogP contribution in [0.3, 0.4) is 0 Å². The first-order valence-corrected chi connectivity index (χ1v) is 8.78. The summed E-state index contributed by atoms with van der Waals surface area (Å²) in [5.74, 6) is -2.99. The molecule has 8 heteroatoms. The number of hydrogen-bond acceptors (Lipinski definition) is 5. The molecule has 27 heavy (non-hydrogen) atoms. The van der Waals surface area contributed by atoms with E-state index in [4.69, 9.17) is 14.2 Å². The molecule has 1 aromatic rings. The first-order chi connectivity index (χ1) is 13.0. The average molecular weight is 381 g/mol. The number of amides is 1. The van der Waals surface area contributed by atoms with Gasteiger partial charge in [0.1, 0.15) is 11.8 Å². The summed E-state index contributed by atoms with van der Waals surface area (Å²) in [4.78, 5) is 26.0. The van der Waals surface area contributed by atoms with E-state index in [1.165, 1.54) is 18.1 Å². The fraction of sp³-hybridized carbons (Fsp3) is 0.474. The predicted octanol–water partition coefficient (Wildman–Crippen LogP) is 2.43. The third-order valence-corrected chi connectivity index (χ3v) is 4.79. The summed E-state index contributed by atoms with van der Waals surface area (Å²) in [6.45, 7) is 1.17. The van der Waals surface area contributed by atoms with Crippen LogP contribution in [0.2, 0.25) is 0 Å². The molecule has 3 rings (SSSR count). The Balaban J connectivity index is 1.72. The van der Waals surface area contributed by atoms with Crippen molar-refractivity contribution in [2.45, 2.75) is 25.3 Å². The summed E-state index contributed by atoms with van der Waals surface area (Å²) in [5.41, 5.74) is 0. The van der Waals surface area contributed by atoms with Crippen molar-refractivity contribution in [1.82, 2.24) is 4.90 Å². The van der Waals surface area contributed by atoms with E-state index in [1.54, 1.807) is 0 Å². The molecule has 0 spiro atoms. The van der Waals surface area contributed by atoms with Crippen molar-refractivity contribution in [3.63, 3.8) is 0 Å². The standard InChI is InChI=1S/C19H21F2NO5/c1-25-19(24)16(9-12-5-7-26-8-6-12)22-11-13(10-17(22)23)27-18-14(20)3-2-4-15(18)21/h2-4,10,12,16H,5-9,11H2,1H3. The smallest absolute Gasteiger partial charge is 0.328 e. The summed E-state index contributed by atoms with van der Waals surface area (Å²) in [5, 5.41) is 0. The molecule has 0 saturated carbocycles. The van der Waals surface area contributed by atoms with Crippen molar-refractivity contribution >= 4 is 11.9 Å². The minimum absolute atomic E-state index is 0.0599. The van der Waals surface area contributed by atoms with Crippen molar-refractivity contribution in [2.24, 2.45) is 5.92 Å². The Morgan fingerprint density at radius 2 is 1.96 bits per heavy atom. The highest BCUT2D eigenvalue weighted by molar-refractivity contribution is 5.94. The first-order valence-electron chi connectivity index (χ1n) is 8.78. The number of carbonyl (C=O) groups is 2. The van der Waals surface area contributed by atoms with Crippen LogP contribution in [0, 0.1) is 17.6 Å². The van der Waals surface area contributed by atoms with Crippen LogP contribution in [-0.4, -0.2) is 49.7 Å². The molecule has 6 nitrogen and oxygen atoms in total. The minimum Gasteiger partial charge on any atom is -0.467 e. The number of hydrogen-bond donors (Lipinski definition) is 0. The lowest BCUT2D eigenvalue weighted by Crippen LogP contribution is -2.45. The van der Waals surface area contributed by atoms with E-state index in [-0.39, 0.29) is 18.2 Å². The van der Waals surface area contributed by atoms with Gasteiger partial charge in [0, 0.05) is 19.3 Å². The molecule has 2 heterocycles. The molecule has 0 aromatic heterocycles. The second-order valence-corrected chi connectivity index (χ2v) is 6.56. The Morgan fingerprint density at radius 1 is 1.30 bits per heavy atom. The number of halogens is 2. The number of para-hydroxylation sites is 1. The predicted molar refractivity (Wildman–Crippen MR) is 90.7 cm³/mol. The van der Waals surface area contributed by atoms with Crippen LogP contribution in [0.5, 0.6) is 5.75 Å². The van der Waals surface area contributed by atoms with Gasteiger partial charge >= 0.3 is 5.97 Å². The highest BCUT2D eigenvalue weighted by Crippen LogP contribution is 2.28. The van der Waals surface area contributed by atoms with Gasteiger partial charge in [-0.25, -0.2) is 13.6 Å². The van der Waals surface area contributed by atoms with Crippen molar-refractivity contribution in [3.8, 4) is 5.75 Å². The van der Waals surface area contributed by atoms with Gasteiger partial charge in [-0.15, -0.1) is 0 Å². The Bertz CT molecular complexity index is 725. The molecule has 1 aromatic carbocycles. The van der Waals surface area contributed by atoms with Crippen LogP contribution in [0.1, 0.15) is 19.3 Å². The van der Waals surface area contributed by atoms with Gasteiger partial charge in [-0.3, -0.25) is 4.79 Å². The van der Waals surface area contributed by atoms with E-state index < -0.39 is 35.3 Å². The number of benzene rings is 1. The molecule has 0 radical (unpaired) electrons. The number of carbonyl (C=O) groups excluding carboxylic acids is 2. The van der Waals surface area contributed by atoms with Gasteiger partial charge in [0.25, 0.3) is 5.91 Å². The van der Waals surface area contributed by atoms with Crippen LogP contribution in [-0.2, 0) is 19.1 Å². The number of ether oxygens (including phenoxy) is 3. The van der Waals surface area contributed by atoms with E-state index in [0.717, 1.165) is 31.1 Å². The van der Waals surface area contributed by atoms with E-state index in [0.29, 0.717) is 19.6 Å². The Morgan fingerprint density at radius 3 is 2.59 bits per heavy atom. The van der Waals surface area contributed by atoms with Crippen LogP contribution >= 0.6 is 0 Å². The van der Waals surface area contributed by atoms with Gasteiger partial charge in [-0.05, 0) is 37.3 Å². The Hall–Kier alpha value is -2.48. The van der Waals surface area contributed by atoms with Crippen LogP contribution in [0.4, 0.5) is 8.78 Å². The Kier molecular flexibility index (Phi) is 6.05. The maximum Gasteiger partial charge on any atom is 0.328 e. The summed E-state index contributed by atoms with van der Waals surface area (Å²) in [6, 6.07) is 2.57. The van der Waals surface area contributed by atoms with Gasteiger partial charge in [-0.1, -0.05) is 6.07 Å². The number of esters is 1. The molecular formula is C19H21F2NO5. The van der Waals surface area contributed by atoms with E-state index in [2.05, 4.69) is 0 Å². The van der Waals surface area contributed by atoms with Gasteiger partial charge in [-0.2, -0.15) is 0 Å². The second-order valence-electron chi connectivity index (χ2n) is 6.56. The molecule has 0 bridgehead atoms. The van der Waals surface area contributed by atoms with E-state index >= 15 is 0 Å². The zero-order chi connectivity index (χ0) is 19.4. The zero-order valence-corrected chi connectivity index (χ0v) is 15.0. The average Bonchev–Trinajstić information content (AvgIpc) is 3.03. The fourth-order valence-electron chi connectivity index (χ4n) is 3.33. The molecule has 146 valence electrons. The topological polar surface area (TPSA) is 65.1 Å².